The van der Waals surface area contributed by atoms with Gasteiger partial charge in [0, 0.05) is 17.9 Å². The molecule has 2 amide bonds. The van der Waals surface area contributed by atoms with Crippen molar-refractivity contribution < 1.29 is 14.0 Å². The molecular weight excluding hydrogens is 353 g/mol. The molecule has 0 aliphatic carbocycles. The summed E-state index contributed by atoms with van der Waals surface area (Å²) in [5.41, 5.74) is 1.64. The van der Waals surface area contributed by atoms with Crippen LogP contribution in [0.5, 0.6) is 0 Å². The van der Waals surface area contributed by atoms with Crippen molar-refractivity contribution in [2.24, 2.45) is 0 Å². The number of anilines is 1. The molecule has 2 heterocycles. The van der Waals surface area contributed by atoms with E-state index in [4.69, 9.17) is 12.2 Å². The quantitative estimate of drug-likeness (QED) is 0.511. The number of rotatable bonds is 3. The fourth-order valence-corrected chi connectivity index (χ4v) is 3.20. The Labute approximate surface area is 156 Å². The Kier molecular flexibility index (Phi) is 4.73. The summed E-state index contributed by atoms with van der Waals surface area (Å²) >= 11 is 5.07. The van der Waals surface area contributed by atoms with E-state index in [9.17, 15) is 14.0 Å². The van der Waals surface area contributed by atoms with E-state index in [-0.39, 0.29) is 22.4 Å². The van der Waals surface area contributed by atoms with E-state index >= 15 is 0 Å². The number of carbonyl (C=O) groups excluding carboxylic acids is 2. The minimum atomic E-state index is -0.654. The van der Waals surface area contributed by atoms with Gasteiger partial charge in [0.25, 0.3) is 11.8 Å². The molecule has 0 unspecified atom stereocenters. The van der Waals surface area contributed by atoms with Gasteiger partial charge < -0.3 is 4.57 Å². The third kappa shape index (κ3) is 3.17. The highest BCUT2D eigenvalue weighted by atomic mass is 32.1. The van der Waals surface area contributed by atoms with Gasteiger partial charge in [0.1, 0.15) is 11.4 Å². The number of nitrogens with zero attached hydrogens (tertiary/aromatic N) is 2. The SMILES string of the molecule is Cc1cc(/C=C2/C(=O)NC(=S)N(c3ccccc3F)C2=O)cn1C(C)C. The monoisotopic (exact) mass is 371 g/mol. The zero-order valence-electron chi connectivity index (χ0n) is 14.6. The average Bonchev–Trinajstić information content (AvgIpc) is 2.94. The lowest BCUT2D eigenvalue weighted by molar-refractivity contribution is -0.122. The number of thiocarbonyl (C=S) groups is 1. The molecule has 1 N–H and O–H groups in total. The third-order valence-electron chi connectivity index (χ3n) is 4.13. The van der Waals surface area contributed by atoms with Crippen LogP contribution in [-0.2, 0) is 9.59 Å². The third-order valence-corrected chi connectivity index (χ3v) is 4.42. The zero-order valence-corrected chi connectivity index (χ0v) is 15.4. The molecule has 134 valence electrons. The number of aryl methyl sites for hydroxylation is 1. The maximum absolute atomic E-state index is 14.1. The van der Waals surface area contributed by atoms with Gasteiger partial charge in [-0.25, -0.2) is 9.29 Å². The second-order valence-corrected chi connectivity index (χ2v) is 6.71. The minimum Gasteiger partial charge on any atom is -0.349 e. The molecule has 1 fully saturated rings. The Morgan fingerprint density at radius 3 is 2.54 bits per heavy atom. The highest BCUT2D eigenvalue weighted by Crippen LogP contribution is 2.25. The van der Waals surface area contributed by atoms with Crippen LogP contribution >= 0.6 is 12.2 Å². The largest absolute Gasteiger partial charge is 0.349 e. The van der Waals surface area contributed by atoms with Crippen molar-refractivity contribution in [3.8, 4) is 0 Å². The van der Waals surface area contributed by atoms with Gasteiger partial charge in [-0.3, -0.25) is 14.9 Å². The highest BCUT2D eigenvalue weighted by Gasteiger charge is 2.35. The van der Waals surface area contributed by atoms with Crippen LogP contribution < -0.4 is 10.2 Å². The number of benzene rings is 1. The lowest BCUT2D eigenvalue weighted by atomic mass is 10.1. The van der Waals surface area contributed by atoms with Crippen molar-refractivity contribution in [2.45, 2.75) is 26.8 Å². The van der Waals surface area contributed by atoms with Gasteiger partial charge >= 0.3 is 0 Å². The number of para-hydroxylation sites is 1. The second kappa shape index (κ2) is 6.84. The standard InChI is InChI=1S/C19H18FN3O2S/c1-11(2)22-10-13(8-12(22)3)9-14-17(24)21-19(26)23(18(14)25)16-7-5-4-6-15(16)20/h4-11H,1-3H3,(H,21,24,26)/b14-9-. The van der Waals surface area contributed by atoms with Crippen molar-refractivity contribution in [3.63, 3.8) is 0 Å². The first-order chi connectivity index (χ1) is 12.3. The molecule has 0 spiro atoms. The predicted octanol–water partition coefficient (Wildman–Crippen LogP) is 3.35. The molecule has 1 aromatic heterocycles. The molecule has 1 aromatic carbocycles. The lowest BCUT2D eigenvalue weighted by Crippen LogP contribution is -2.54. The Bertz CT molecular complexity index is 946. The summed E-state index contributed by atoms with van der Waals surface area (Å²) in [6.45, 7) is 6.03. The number of hydrogen-bond acceptors (Lipinski definition) is 3. The first-order valence-electron chi connectivity index (χ1n) is 8.14. The van der Waals surface area contributed by atoms with E-state index in [1.54, 1.807) is 6.07 Å². The van der Waals surface area contributed by atoms with Gasteiger partial charge in [0.05, 0.1) is 5.69 Å². The lowest BCUT2D eigenvalue weighted by Gasteiger charge is -2.29. The van der Waals surface area contributed by atoms with Crippen LogP contribution in [0.4, 0.5) is 10.1 Å². The molecule has 1 aliphatic rings. The molecule has 7 heteroatoms. The second-order valence-electron chi connectivity index (χ2n) is 6.33. The van der Waals surface area contributed by atoms with Crippen molar-refractivity contribution in [3.05, 3.63) is 59.2 Å². The van der Waals surface area contributed by atoms with E-state index < -0.39 is 17.6 Å². The van der Waals surface area contributed by atoms with E-state index in [1.165, 1.54) is 24.3 Å². The Hall–Kier alpha value is -2.80. The number of aromatic nitrogens is 1. The molecule has 1 saturated heterocycles. The molecule has 0 bridgehead atoms. The number of halogens is 1. The summed E-state index contributed by atoms with van der Waals surface area (Å²) in [7, 11) is 0. The van der Waals surface area contributed by atoms with Crippen LogP contribution in [0.15, 0.2) is 42.1 Å². The van der Waals surface area contributed by atoms with Crippen LogP contribution in [0.25, 0.3) is 6.08 Å². The molecule has 1 aliphatic heterocycles. The van der Waals surface area contributed by atoms with Crippen LogP contribution in [0.1, 0.15) is 31.1 Å². The van der Waals surface area contributed by atoms with Crippen LogP contribution in [0.2, 0.25) is 0 Å². The van der Waals surface area contributed by atoms with Crippen LogP contribution in [-0.4, -0.2) is 21.5 Å². The summed E-state index contributed by atoms with van der Waals surface area (Å²) in [4.78, 5) is 26.2. The van der Waals surface area contributed by atoms with Crippen LogP contribution in [0.3, 0.4) is 0 Å². The molecule has 26 heavy (non-hydrogen) atoms. The fraction of sp³-hybridized carbons (Fsp3) is 0.211. The van der Waals surface area contributed by atoms with Gasteiger partial charge in [-0.15, -0.1) is 0 Å². The van der Waals surface area contributed by atoms with E-state index in [2.05, 4.69) is 5.32 Å². The summed E-state index contributed by atoms with van der Waals surface area (Å²) in [6, 6.07) is 7.92. The fourth-order valence-electron chi connectivity index (χ4n) is 2.93. The summed E-state index contributed by atoms with van der Waals surface area (Å²) in [6.07, 6.45) is 3.37. The van der Waals surface area contributed by atoms with E-state index in [0.717, 1.165) is 16.2 Å². The topological polar surface area (TPSA) is 54.3 Å². The van der Waals surface area contributed by atoms with Gasteiger partial charge in [-0.2, -0.15) is 0 Å². The van der Waals surface area contributed by atoms with Crippen LogP contribution in [0, 0.1) is 12.7 Å². The smallest absolute Gasteiger partial charge is 0.270 e. The maximum Gasteiger partial charge on any atom is 0.270 e. The molecule has 0 radical (unpaired) electrons. The van der Waals surface area contributed by atoms with Gasteiger partial charge in [-0.1, -0.05) is 12.1 Å². The van der Waals surface area contributed by atoms with E-state index in [0.29, 0.717) is 0 Å². The summed E-state index contributed by atoms with van der Waals surface area (Å²) < 4.78 is 16.2. The average molecular weight is 371 g/mol. The first kappa shape index (κ1) is 18.0. The molecule has 3 rings (SSSR count). The molecular formula is C19H18FN3O2S. The summed E-state index contributed by atoms with van der Waals surface area (Å²) in [5.74, 6) is -1.85. The van der Waals surface area contributed by atoms with Gasteiger partial charge in [0.15, 0.2) is 5.11 Å². The summed E-state index contributed by atoms with van der Waals surface area (Å²) in [5, 5.41) is 2.32. The number of amides is 2. The maximum atomic E-state index is 14.1. The predicted molar refractivity (Wildman–Crippen MR) is 102 cm³/mol. The minimum absolute atomic E-state index is 0.00401. The van der Waals surface area contributed by atoms with E-state index in [1.807, 2.05) is 37.6 Å². The van der Waals surface area contributed by atoms with Crippen molar-refractivity contribution >= 4 is 40.9 Å². The first-order valence-corrected chi connectivity index (χ1v) is 8.55. The Morgan fingerprint density at radius 1 is 1.23 bits per heavy atom. The number of hydrogen-bond donors (Lipinski definition) is 1. The molecule has 5 nitrogen and oxygen atoms in total. The van der Waals surface area contributed by atoms with Gasteiger partial charge in [-0.05, 0) is 62.8 Å². The Morgan fingerprint density at radius 2 is 1.92 bits per heavy atom. The highest BCUT2D eigenvalue weighted by molar-refractivity contribution is 7.80. The zero-order chi connectivity index (χ0) is 19.0. The number of nitrogens with one attached hydrogen (secondary N) is 1. The van der Waals surface area contributed by atoms with Crippen molar-refractivity contribution in [1.29, 1.82) is 0 Å². The van der Waals surface area contributed by atoms with Crippen molar-refractivity contribution in [1.82, 2.24) is 9.88 Å². The molecule has 0 saturated carbocycles. The normalized spacial score (nSPS) is 16.6. The van der Waals surface area contributed by atoms with Crippen molar-refractivity contribution in [2.75, 3.05) is 4.90 Å². The Balaban J connectivity index is 2.03. The number of carbonyl (C=O) groups is 2. The molecule has 2 aromatic rings. The van der Waals surface area contributed by atoms with Gasteiger partial charge in [0.2, 0.25) is 0 Å². The molecule has 0 atom stereocenters.